The number of carbonyl (C=O) groups excluding carboxylic acids is 1. The summed E-state index contributed by atoms with van der Waals surface area (Å²) in [6.07, 6.45) is 4.19. The van der Waals surface area contributed by atoms with Crippen LogP contribution in [0, 0.1) is 16.0 Å². The molecule has 2 aliphatic rings. The molecule has 1 N–H and O–H groups in total. The Bertz CT molecular complexity index is 1200. The minimum absolute atomic E-state index is 0.0301. The van der Waals surface area contributed by atoms with Crippen LogP contribution >= 0.6 is 0 Å². The Morgan fingerprint density at radius 3 is 2.73 bits per heavy atom. The number of nitrogens with zero attached hydrogens (tertiary/aromatic N) is 5. The molecular formula is C20H18N6O4. The summed E-state index contributed by atoms with van der Waals surface area (Å²) in [6.45, 7) is 1.32. The van der Waals surface area contributed by atoms with Crippen molar-refractivity contribution in [2.45, 2.75) is 18.9 Å². The molecule has 5 rings (SSSR count). The first-order valence-electron chi connectivity index (χ1n) is 9.64. The van der Waals surface area contributed by atoms with Crippen molar-refractivity contribution in [3.8, 4) is 11.3 Å². The van der Waals surface area contributed by atoms with Crippen molar-refractivity contribution in [3.05, 3.63) is 74.6 Å². The number of fused-ring (bicyclic) bond motifs is 4. The third kappa shape index (κ3) is 2.97. The Kier molecular flexibility index (Phi) is 4.19. The summed E-state index contributed by atoms with van der Waals surface area (Å²) in [4.78, 5) is 41.8. The number of carbonyl (C=O) groups is 1. The Labute approximate surface area is 170 Å². The van der Waals surface area contributed by atoms with Crippen molar-refractivity contribution in [1.82, 2.24) is 24.6 Å². The average molecular weight is 406 g/mol. The number of hydrogen-bond acceptors (Lipinski definition) is 6. The summed E-state index contributed by atoms with van der Waals surface area (Å²) in [5, 5.41) is 18.1. The number of aromatic amines is 1. The monoisotopic (exact) mass is 406 g/mol. The van der Waals surface area contributed by atoms with Crippen LogP contribution in [0.3, 0.4) is 0 Å². The van der Waals surface area contributed by atoms with Crippen molar-refractivity contribution < 1.29 is 9.72 Å². The standard InChI is InChI=1S/C20H18N6O4/c27-19(16-8-15(22-23-16)13-3-5-21-6-4-13)24-9-12-7-14(11-24)17-1-2-18(26(29)30)20(28)25(17)10-12/h1-6,8,12,14H,7,9-11H2,(H,22,23)/t12-,14?/m0/s1. The second-order valence-electron chi connectivity index (χ2n) is 7.73. The van der Waals surface area contributed by atoms with Gasteiger partial charge >= 0.3 is 11.2 Å². The summed E-state index contributed by atoms with van der Waals surface area (Å²) in [5.41, 5.74) is 1.72. The number of piperidine rings is 1. The molecule has 2 aliphatic heterocycles. The molecule has 0 saturated carbocycles. The molecule has 30 heavy (non-hydrogen) atoms. The first-order chi connectivity index (χ1) is 14.5. The van der Waals surface area contributed by atoms with Gasteiger partial charge in [0.1, 0.15) is 5.69 Å². The van der Waals surface area contributed by atoms with Crippen LogP contribution in [-0.4, -0.2) is 48.6 Å². The number of hydrogen-bond donors (Lipinski definition) is 1. The number of nitro groups is 1. The first kappa shape index (κ1) is 18.2. The molecule has 0 radical (unpaired) electrons. The van der Waals surface area contributed by atoms with Gasteiger partial charge in [-0.05, 0) is 36.6 Å². The number of nitrogens with one attached hydrogen (secondary N) is 1. The molecule has 0 aliphatic carbocycles. The zero-order chi connectivity index (χ0) is 20.8. The lowest BCUT2D eigenvalue weighted by molar-refractivity contribution is -0.386. The fourth-order valence-corrected chi connectivity index (χ4v) is 4.51. The van der Waals surface area contributed by atoms with E-state index < -0.39 is 16.2 Å². The van der Waals surface area contributed by atoms with E-state index in [2.05, 4.69) is 15.2 Å². The molecule has 3 aromatic rings. The molecule has 0 spiro atoms. The van der Waals surface area contributed by atoms with Crippen molar-refractivity contribution in [2.75, 3.05) is 13.1 Å². The lowest BCUT2D eigenvalue weighted by Gasteiger charge is -2.42. The van der Waals surface area contributed by atoms with Crippen LogP contribution in [0.4, 0.5) is 5.69 Å². The molecule has 5 heterocycles. The van der Waals surface area contributed by atoms with E-state index >= 15 is 0 Å². The predicted octanol–water partition coefficient (Wildman–Crippen LogP) is 1.80. The zero-order valence-electron chi connectivity index (χ0n) is 15.9. The lowest BCUT2D eigenvalue weighted by atomic mass is 9.83. The molecule has 1 fully saturated rings. The molecule has 0 aromatic carbocycles. The number of amides is 1. The maximum atomic E-state index is 13.1. The van der Waals surface area contributed by atoms with Crippen LogP contribution < -0.4 is 5.56 Å². The van der Waals surface area contributed by atoms with Crippen molar-refractivity contribution in [2.24, 2.45) is 5.92 Å². The molecule has 10 nitrogen and oxygen atoms in total. The fourth-order valence-electron chi connectivity index (χ4n) is 4.51. The second-order valence-corrected chi connectivity index (χ2v) is 7.73. The molecule has 152 valence electrons. The SMILES string of the molecule is O=C(c1cc(-c2ccncc2)n[nH]1)N1CC2C[C@@H](C1)Cn1c2ccc([N+](=O)[O-])c1=O. The smallest absolute Gasteiger partial charge is 0.334 e. The van der Waals surface area contributed by atoms with E-state index in [0.29, 0.717) is 31.0 Å². The van der Waals surface area contributed by atoms with E-state index in [1.807, 2.05) is 12.1 Å². The predicted molar refractivity (Wildman–Crippen MR) is 106 cm³/mol. The highest BCUT2D eigenvalue weighted by atomic mass is 16.6. The third-order valence-corrected chi connectivity index (χ3v) is 5.85. The van der Waals surface area contributed by atoms with E-state index in [-0.39, 0.29) is 17.7 Å². The van der Waals surface area contributed by atoms with Gasteiger partial charge in [-0.2, -0.15) is 5.10 Å². The molecule has 1 saturated heterocycles. The van der Waals surface area contributed by atoms with E-state index in [1.165, 1.54) is 10.6 Å². The highest BCUT2D eigenvalue weighted by Crippen LogP contribution is 2.36. The van der Waals surface area contributed by atoms with Gasteiger partial charge in [-0.3, -0.25) is 29.8 Å². The van der Waals surface area contributed by atoms with Crippen molar-refractivity contribution in [1.29, 1.82) is 0 Å². The summed E-state index contributed by atoms with van der Waals surface area (Å²) in [5.74, 6) is -0.102. The normalized spacial score (nSPS) is 19.9. The van der Waals surface area contributed by atoms with Gasteiger partial charge in [0, 0.05) is 55.3 Å². The molecule has 1 unspecified atom stereocenters. The summed E-state index contributed by atoms with van der Waals surface area (Å²) < 4.78 is 1.51. The van der Waals surface area contributed by atoms with Crippen LogP contribution in [0.5, 0.6) is 0 Å². The van der Waals surface area contributed by atoms with Gasteiger partial charge < -0.3 is 9.47 Å². The quantitative estimate of drug-likeness (QED) is 0.522. The van der Waals surface area contributed by atoms with Crippen LogP contribution in [0.1, 0.15) is 28.5 Å². The fraction of sp³-hybridized carbons (Fsp3) is 0.300. The Balaban J connectivity index is 1.40. The van der Waals surface area contributed by atoms with E-state index in [1.54, 1.807) is 29.4 Å². The van der Waals surface area contributed by atoms with Gasteiger partial charge in [0.25, 0.3) is 5.91 Å². The Morgan fingerprint density at radius 2 is 1.97 bits per heavy atom. The third-order valence-electron chi connectivity index (χ3n) is 5.85. The first-order valence-corrected chi connectivity index (χ1v) is 9.64. The van der Waals surface area contributed by atoms with Gasteiger partial charge in [0.2, 0.25) is 0 Å². The summed E-state index contributed by atoms with van der Waals surface area (Å²) >= 11 is 0. The lowest BCUT2D eigenvalue weighted by Crippen LogP contribution is -2.49. The highest BCUT2D eigenvalue weighted by molar-refractivity contribution is 5.93. The van der Waals surface area contributed by atoms with Crippen LogP contribution in [0.25, 0.3) is 11.3 Å². The highest BCUT2D eigenvalue weighted by Gasteiger charge is 2.38. The molecule has 2 bridgehead atoms. The second kappa shape index (κ2) is 6.90. The van der Waals surface area contributed by atoms with Gasteiger partial charge in [-0.1, -0.05) is 0 Å². The molecular weight excluding hydrogens is 388 g/mol. The number of rotatable bonds is 3. The van der Waals surface area contributed by atoms with Gasteiger partial charge in [0.05, 0.1) is 10.6 Å². The Hall–Kier alpha value is -3.82. The maximum absolute atomic E-state index is 13.1. The largest absolute Gasteiger partial charge is 0.336 e. The van der Waals surface area contributed by atoms with Crippen molar-refractivity contribution in [3.63, 3.8) is 0 Å². The van der Waals surface area contributed by atoms with E-state index in [4.69, 9.17) is 0 Å². The van der Waals surface area contributed by atoms with Crippen LogP contribution in [0.15, 0.2) is 47.5 Å². The summed E-state index contributed by atoms with van der Waals surface area (Å²) in [7, 11) is 0. The van der Waals surface area contributed by atoms with E-state index in [9.17, 15) is 19.7 Å². The van der Waals surface area contributed by atoms with Crippen LogP contribution in [0.2, 0.25) is 0 Å². The van der Waals surface area contributed by atoms with Gasteiger partial charge in [0.15, 0.2) is 0 Å². The van der Waals surface area contributed by atoms with E-state index in [0.717, 1.165) is 17.7 Å². The van der Waals surface area contributed by atoms with Crippen molar-refractivity contribution >= 4 is 11.6 Å². The molecule has 2 atom stereocenters. The minimum atomic E-state index is -0.644. The average Bonchev–Trinajstić information content (AvgIpc) is 3.24. The molecule has 10 heteroatoms. The zero-order valence-corrected chi connectivity index (χ0v) is 15.9. The number of H-pyrrole nitrogens is 1. The molecule has 3 aromatic heterocycles. The molecule has 1 amide bonds. The van der Waals surface area contributed by atoms with Gasteiger partial charge in [-0.15, -0.1) is 0 Å². The summed E-state index contributed by atoms with van der Waals surface area (Å²) in [6, 6.07) is 8.29. The number of pyridine rings is 2. The minimum Gasteiger partial charge on any atom is -0.336 e. The van der Waals surface area contributed by atoms with Crippen LogP contribution in [-0.2, 0) is 6.54 Å². The maximum Gasteiger partial charge on any atom is 0.334 e. The van der Waals surface area contributed by atoms with Gasteiger partial charge in [-0.25, -0.2) is 0 Å². The number of aromatic nitrogens is 4. The Morgan fingerprint density at radius 1 is 1.17 bits per heavy atom. The number of likely N-dealkylation sites (tertiary alicyclic amines) is 1. The topological polar surface area (TPSA) is 127 Å².